The third kappa shape index (κ3) is 9.54. The van der Waals surface area contributed by atoms with Gasteiger partial charge in [-0.15, -0.1) is 13.2 Å². The van der Waals surface area contributed by atoms with Crippen molar-refractivity contribution in [1.29, 1.82) is 0 Å². The minimum Gasteiger partial charge on any atom is -0.463 e. The lowest BCUT2D eigenvalue weighted by molar-refractivity contribution is -0.170. The van der Waals surface area contributed by atoms with E-state index in [0.29, 0.717) is 29.8 Å². The van der Waals surface area contributed by atoms with E-state index in [9.17, 15) is 9.59 Å². The summed E-state index contributed by atoms with van der Waals surface area (Å²) >= 11 is 0. The van der Waals surface area contributed by atoms with E-state index in [1.165, 1.54) is 14.2 Å². The van der Waals surface area contributed by atoms with Gasteiger partial charge in [-0.05, 0) is 25.0 Å². The number of ether oxygens (including phenoxy) is 1. The molecule has 1 heterocycles. The number of hydrogen-bond donors (Lipinski definition) is 1. The van der Waals surface area contributed by atoms with E-state index in [1.807, 2.05) is 27.7 Å². The molecule has 0 spiro atoms. The maximum absolute atomic E-state index is 13.0. The molecule has 1 unspecified atom stereocenters. The number of hydroxylamine groups is 2. The fraction of sp³-hybridized carbons (Fsp3) is 0.385. The molecule has 0 aliphatic carbocycles. The molecular formula is C26H38N4O4. The van der Waals surface area contributed by atoms with Crippen LogP contribution in [0.2, 0.25) is 0 Å². The minimum atomic E-state index is -0.809. The van der Waals surface area contributed by atoms with Crippen LogP contribution in [0.3, 0.4) is 0 Å². The van der Waals surface area contributed by atoms with Crippen LogP contribution in [-0.4, -0.2) is 53.7 Å². The van der Waals surface area contributed by atoms with Gasteiger partial charge in [0.2, 0.25) is 0 Å². The first kappa shape index (κ1) is 30.5. The van der Waals surface area contributed by atoms with Crippen LogP contribution in [0.1, 0.15) is 50.9 Å². The molecule has 0 fully saturated rings. The van der Waals surface area contributed by atoms with Gasteiger partial charge < -0.3 is 10.1 Å². The Balaban J connectivity index is 0.00000258. The second-order valence-corrected chi connectivity index (χ2v) is 6.26. The quantitative estimate of drug-likeness (QED) is 0.287. The first-order valence-electron chi connectivity index (χ1n) is 11.4. The summed E-state index contributed by atoms with van der Waals surface area (Å²) in [6.07, 6.45) is 5.80. The Labute approximate surface area is 203 Å². The van der Waals surface area contributed by atoms with E-state index in [-0.39, 0.29) is 18.3 Å². The molecule has 2 rings (SSSR count). The predicted molar refractivity (Wildman–Crippen MR) is 136 cm³/mol. The van der Waals surface area contributed by atoms with Crippen molar-refractivity contribution in [1.82, 2.24) is 20.3 Å². The van der Waals surface area contributed by atoms with Gasteiger partial charge in [-0.3, -0.25) is 14.4 Å². The topological polar surface area (TPSA) is 93.6 Å². The first-order valence-corrected chi connectivity index (χ1v) is 11.4. The molecule has 0 bridgehead atoms. The zero-order valence-corrected chi connectivity index (χ0v) is 21.2. The summed E-state index contributed by atoms with van der Waals surface area (Å²) in [6, 6.07) is 8.08. The smallest absolute Gasteiger partial charge is 0.316 e. The SMILES string of the molecule is C=CCCOc1nccc(-c2ccccc2C(=O)NC(CC=C)C(=O)N(C)OC)n1.CC.CC. The monoisotopic (exact) mass is 470 g/mol. The Hall–Kier alpha value is -3.52. The van der Waals surface area contributed by atoms with Gasteiger partial charge in [0, 0.05) is 24.4 Å². The van der Waals surface area contributed by atoms with Gasteiger partial charge in [0.15, 0.2) is 0 Å². The molecule has 8 heteroatoms. The van der Waals surface area contributed by atoms with Gasteiger partial charge in [-0.1, -0.05) is 58.0 Å². The summed E-state index contributed by atoms with van der Waals surface area (Å²) in [6.45, 7) is 15.7. The van der Waals surface area contributed by atoms with Gasteiger partial charge in [-0.2, -0.15) is 4.98 Å². The summed E-state index contributed by atoms with van der Waals surface area (Å²) in [4.78, 5) is 38.9. The number of rotatable bonds is 11. The Kier molecular flexibility index (Phi) is 16.1. The zero-order chi connectivity index (χ0) is 25.9. The highest BCUT2D eigenvalue weighted by Gasteiger charge is 2.25. The van der Waals surface area contributed by atoms with Crippen LogP contribution >= 0.6 is 0 Å². The van der Waals surface area contributed by atoms with Crippen LogP contribution < -0.4 is 10.1 Å². The third-order valence-corrected chi connectivity index (χ3v) is 4.22. The van der Waals surface area contributed by atoms with Crippen molar-refractivity contribution >= 4 is 11.8 Å². The van der Waals surface area contributed by atoms with Gasteiger partial charge in [0.1, 0.15) is 6.04 Å². The molecule has 8 nitrogen and oxygen atoms in total. The normalized spacial score (nSPS) is 10.3. The summed E-state index contributed by atoms with van der Waals surface area (Å²) in [7, 11) is 2.86. The van der Waals surface area contributed by atoms with Crippen molar-refractivity contribution in [2.75, 3.05) is 20.8 Å². The molecule has 0 saturated heterocycles. The summed E-state index contributed by atoms with van der Waals surface area (Å²) in [5.41, 5.74) is 1.50. The Morgan fingerprint density at radius 3 is 2.41 bits per heavy atom. The van der Waals surface area contributed by atoms with Crippen molar-refractivity contribution < 1.29 is 19.2 Å². The molecule has 0 aliphatic rings. The molecule has 0 aliphatic heterocycles. The number of carbonyl (C=O) groups excluding carboxylic acids is 2. The number of likely N-dealkylation sites (N-methyl/N-ethyl adjacent to an activating group) is 1. The van der Waals surface area contributed by atoms with Gasteiger partial charge in [0.05, 0.1) is 19.4 Å². The number of nitrogens with one attached hydrogen (secondary N) is 1. The lowest BCUT2D eigenvalue weighted by Gasteiger charge is -2.22. The van der Waals surface area contributed by atoms with Crippen LogP contribution in [0.25, 0.3) is 11.3 Å². The number of hydrogen-bond acceptors (Lipinski definition) is 6. The number of benzene rings is 1. The Morgan fingerprint density at radius 2 is 1.79 bits per heavy atom. The molecule has 186 valence electrons. The lowest BCUT2D eigenvalue weighted by atomic mass is 10.0. The molecule has 34 heavy (non-hydrogen) atoms. The van der Waals surface area contributed by atoms with Crippen LogP contribution in [-0.2, 0) is 9.63 Å². The number of nitrogens with zero attached hydrogens (tertiary/aromatic N) is 3. The van der Waals surface area contributed by atoms with E-state index < -0.39 is 11.9 Å². The zero-order valence-electron chi connectivity index (χ0n) is 21.2. The molecule has 0 saturated carbocycles. The van der Waals surface area contributed by atoms with Crippen LogP contribution in [0, 0.1) is 0 Å². The molecule has 1 N–H and O–H groups in total. The molecule has 1 aromatic carbocycles. The highest BCUT2D eigenvalue weighted by atomic mass is 16.7. The molecule has 0 radical (unpaired) electrons. The van der Waals surface area contributed by atoms with E-state index in [4.69, 9.17) is 9.57 Å². The first-order chi connectivity index (χ1) is 16.5. The van der Waals surface area contributed by atoms with Gasteiger partial charge in [0.25, 0.3) is 11.8 Å². The van der Waals surface area contributed by atoms with Crippen LogP contribution in [0.4, 0.5) is 0 Å². The summed E-state index contributed by atoms with van der Waals surface area (Å²) in [5.74, 6) is -0.800. The number of carbonyl (C=O) groups is 2. The molecule has 1 atom stereocenters. The average Bonchev–Trinajstić information content (AvgIpc) is 2.90. The third-order valence-electron chi connectivity index (χ3n) is 4.22. The van der Waals surface area contributed by atoms with Crippen molar-refractivity contribution in [3.05, 3.63) is 67.4 Å². The number of amides is 2. The second-order valence-electron chi connectivity index (χ2n) is 6.26. The highest BCUT2D eigenvalue weighted by molar-refractivity contribution is 6.02. The van der Waals surface area contributed by atoms with Crippen molar-refractivity contribution in [2.24, 2.45) is 0 Å². The van der Waals surface area contributed by atoms with Crippen molar-refractivity contribution in [3.63, 3.8) is 0 Å². The Morgan fingerprint density at radius 1 is 1.12 bits per heavy atom. The fourth-order valence-electron chi connectivity index (χ4n) is 2.63. The molecule has 2 aromatic rings. The predicted octanol–water partition coefficient (Wildman–Crippen LogP) is 4.85. The maximum Gasteiger partial charge on any atom is 0.316 e. The second kappa shape index (κ2) is 18.0. The lowest BCUT2D eigenvalue weighted by Crippen LogP contribution is -2.46. The maximum atomic E-state index is 13.0. The van der Waals surface area contributed by atoms with Crippen molar-refractivity contribution in [3.8, 4) is 17.3 Å². The van der Waals surface area contributed by atoms with E-state index in [0.717, 1.165) is 5.06 Å². The summed E-state index contributed by atoms with van der Waals surface area (Å²) < 4.78 is 5.51. The molecule has 1 aromatic heterocycles. The highest BCUT2D eigenvalue weighted by Crippen LogP contribution is 2.23. The minimum absolute atomic E-state index is 0.214. The Bertz CT molecular complexity index is 902. The standard InChI is InChI=1S/C22H26N4O4.2C2H6/c1-5-7-15-30-22-23-14-13-18(25-22)16-11-8-9-12-17(16)20(27)24-19(10-6-2)21(28)26(3)29-4;2*1-2/h5-6,8-9,11-14,19H,1-2,7,10,15H2,3-4H3,(H,24,27);2*1-2H3. The largest absolute Gasteiger partial charge is 0.463 e. The molecule has 2 amide bonds. The van der Waals surface area contributed by atoms with E-state index >= 15 is 0 Å². The fourth-order valence-corrected chi connectivity index (χ4v) is 2.63. The number of aromatic nitrogens is 2. The van der Waals surface area contributed by atoms with Crippen LogP contribution in [0.15, 0.2) is 61.8 Å². The van der Waals surface area contributed by atoms with E-state index in [1.54, 1.807) is 48.7 Å². The van der Waals surface area contributed by atoms with Gasteiger partial charge in [-0.25, -0.2) is 10.0 Å². The molecular weight excluding hydrogens is 432 g/mol. The van der Waals surface area contributed by atoms with Crippen molar-refractivity contribution in [2.45, 2.75) is 46.6 Å². The summed E-state index contributed by atoms with van der Waals surface area (Å²) in [5, 5.41) is 3.82. The van der Waals surface area contributed by atoms with Crippen LogP contribution in [0.5, 0.6) is 6.01 Å². The average molecular weight is 471 g/mol. The van der Waals surface area contributed by atoms with E-state index in [2.05, 4.69) is 28.4 Å². The van der Waals surface area contributed by atoms with Gasteiger partial charge >= 0.3 is 6.01 Å².